The zero-order valence-corrected chi connectivity index (χ0v) is 21.0. The summed E-state index contributed by atoms with van der Waals surface area (Å²) in [4.78, 5) is 23.0. The van der Waals surface area contributed by atoms with Crippen LogP contribution in [-0.4, -0.2) is 43.1 Å². The van der Waals surface area contributed by atoms with Gasteiger partial charge in [-0.15, -0.1) is 0 Å². The number of carbonyl (C=O) groups is 1. The standard InChI is InChI=1S/C28H26FN7O2/c1-17(2)12-18(14-30)28(37)35-11-10-19(35)15-36-27-24(26(31)32-16-33-27)25(34-36)22-9-8-21(13-23(22)29)38-20-6-4-3-5-7-20/h3-9,12-13,16-17,19H,10-11,15H2,1-2H3,(H2,31,32,33)/t19-/m0/s1. The average molecular weight is 512 g/mol. The van der Waals surface area contributed by atoms with E-state index < -0.39 is 5.82 Å². The second-order valence-corrected chi connectivity index (χ2v) is 9.42. The SMILES string of the molecule is CC(C)C=C(C#N)C(=O)N1CC[C@H]1Cn1nc(-c2ccc(Oc3ccccc3)cc2F)c2c(N)ncnc21. The number of carbonyl (C=O) groups excluding carboxylic acids is 1. The van der Waals surface area contributed by atoms with Crippen LogP contribution in [0.2, 0.25) is 0 Å². The van der Waals surface area contributed by atoms with Crippen molar-refractivity contribution < 1.29 is 13.9 Å². The Labute approximate surface area is 219 Å². The van der Waals surface area contributed by atoms with Crippen molar-refractivity contribution in [2.75, 3.05) is 12.3 Å². The van der Waals surface area contributed by atoms with Crippen LogP contribution in [0, 0.1) is 23.1 Å². The first kappa shape index (κ1) is 24.9. The molecule has 38 heavy (non-hydrogen) atoms. The van der Waals surface area contributed by atoms with Crippen molar-refractivity contribution >= 4 is 22.8 Å². The second kappa shape index (κ2) is 10.3. The van der Waals surface area contributed by atoms with Crippen LogP contribution in [0.4, 0.5) is 10.2 Å². The molecular formula is C28H26FN7O2. The first-order valence-corrected chi connectivity index (χ1v) is 12.3. The third-order valence-electron chi connectivity index (χ3n) is 6.37. The molecule has 0 saturated carbocycles. The van der Waals surface area contributed by atoms with Gasteiger partial charge in [0.05, 0.1) is 18.0 Å². The first-order valence-electron chi connectivity index (χ1n) is 12.3. The van der Waals surface area contributed by atoms with Gasteiger partial charge in [0.25, 0.3) is 5.91 Å². The number of allylic oxidation sites excluding steroid dienone is 1. The van der Waals surface area contributed by atoms with Crippen LogP contribution in [0.25, 0.3) is 22.3 Å². The summed E-state index contributed by atoms with van der Waals surface area (Å²) in [5, 5.41) is 14.5. The maximum Gasteiger partial charge on any atom is 0.264 e. The molecule has 2 N–H and O–H groups in total. The van der Waals surface area contributed by atoms with E-state index in [0.29, 0.717) is 41.3 Å². The third kappa shape index (κ3) is 4.78. The number of aromatic nitrogens is 4. The Hall–Kier alpha value is -4.78. The number of fused-ring (bicyclic) bond motifs is 1. The van der Waals surface area contributed by atoms with Gasteiger partial charge in [-0.2, -0.15) is 10.4 Å². The molecule has 4 aromatic rings. The molecule has 1 saturated heterocycles. The highest BCUT2D eigenvalue weighted by Crippen LogP contribution is 2.35. The number of halogens is 1. The second-order valence-electron chi connectivity index (χ2n) is 9.42. The molecule has 5 rings (SSSR count). The van der Waals surface area contributed by atoms with Crippen molar-refractivity contribution in [3.05, 3.63) is 72.3 Å². The summed E-state index contributed by atoms with van der Waals surface area (Å²) >= 11 is 0. The summed E-state index contributed by atoms with van der Waals surface area (Å²) in [5.74, 6) is 0.346. The highest BCUT2D eigenvalue weighted by Gasteiger charge is 2.35. The van der Waals surface area contributed by atoms with Gasteiger partial charge in [0, 0.05) is 18.2 Å². The number of amides is 1. The van der Waals surface area contributed by atoms with Gasteiger partial charge in [0.2, 0.25) is 0 Å². The zero-order chi connectivity index (χ0) is 26.8. The lowest BCUT2D eigenvalue weighted by molar-refractivity contribution is -0.134. The molecule has 1 atom stereocenters. The van der Waals surface area contributed by atoms with Gasteiger partial charge in [0.15, 0.2) is 5.65 Å². The van der Waals surface area contributed by atoms with Crippen LogP contribution in [0.3, 0.4) is 0 Å². The fourth-order valence-electron chi connectivity index (χ4n) is 4.46. The van der Waals surface area contributed by atoms with E-state index in [1.54, 1.807) is 39.9 Å². The predicted molar refractivity (Wildman–Crippen MR) is 140 cm³/mol. The minimum atomic E-state index is -0.536. The van der Waals surface area contributed by atoms with E-state index in [2.05, 4.69) is 15.1 Å². The number of anilines is 1. The minimum Gasteiger partial charge on any atom is -0.457 e. The lowest BCUT2D eigenvalue weighted by Gasteiger charge is -2.40. The van der Waals surface area contributed by atoms with Gasteiger partial charge in [-0.1, -0.05) is 38.1 Å². The van der Waals surface area contributed by atoms with Gasteiger partial charge in [0.1, 0.15) is 46.8 Å². The normalized spacial score (nSPS) is 15.4. The number of para-hydroxylation sites is 1. The molecule has 1 fully saturated rings. The Morgan fingerprint density at radius 2 is 2.03 bits per heavy atom. The van der Waals surface area contributed by atoms with Crippen molar-refractivity contribution in [1.82, 2.24) is 24.6 Å². The van der Waals surface area contributed by atoms with E-state index in [-0.39, 0.29) is 34.8 Å². The molecule has 1 amide bonds. The summed E-state index contributed by atoms with van der Waals surface area (Å²) in [5.41, 5.74) is 7.28. The Morgan fingerprint density at radius 3 is 2.68 bits per heavy atom. The Bertz CT molecular complexity index is 1570. The number of nitrogens with two attached hydrogens (primary N) is 1. The number of hydrogen-bond donors (Lipinski definition) is 1. The maximum absolute atomic E-state index is 15.3. The average Bonchev–Trinajstić information content (AvgIpc) is 3.25. The monoisotopic (exact) mass is 511 g/mol. The van der Waals surface area contributed by atoms with Crippen LogP contribution < -0.4 is 10.5 Å². The molecular weight excluding hydrogens is 485 g/mol. The lowest BCUT2D eigenvalue weighted by atomic mass is 10.00. The van der Waals surface area contributed by atoms with E-state index in [1.165, 1.54) is 12.4 Å². The molecule has 2 aromatic heterocycles. The number of rotatable bonds is 7. The summed E-state index contributed by atoms with van der Waals surface area (Å²) in [6, 6.07) is 15.5. The van der Waals surface area contributed by atoms with E-state index in [9.17, 15) is 10.1 Å². The number of nitrogens with zero attached hydrogens (tertiary/aromatic N) is 6. The van der Waals surface area contributed by atoms with Crippen LogP contribution in [0.15, 0.2) is 66.5 Å². The molecule has 0 aliphatic carbocycles. The Balaban J connectivity index is 1.45. The smallest absolute Gasteiger partial charge is 0.264 e. The Kier molecular flexibility index (Phi) is 6.75. The molecule has 0 bridgehead atoms. The van der Waals surface area contributed by atoms with Crippen molar-refractivity contribution in [2.24, 2.45) is 5.92 Å². The van der Waals surface area contributed by atoms with Gasteiger partial charge < -0.3 is 15.4 Å². The molecule has 2 aromatic carbocycles. The molecule has 0 spiro atoms. The molecule has 1 aliphatic heterocycles. The topological polar surface area (TPSA) is 123 Å². The van der Waals surface area contributed by atoms with Crippen molar-refractivity contribution in [3.8, 4) is 28.8 Å². The zero-order valence-electron chi connectivity index (χ0n) is 21.0. The molecule has 10 heteroatoms. The highest BCUT2D eigenvalue weighted by molar-refractivity contribution is 5.99. The number of hydrogen-bond acceptors (Lipinski definition) is 7. The summed E-state index contributed by atoms with van der Waals surface area (Å²) in [6.45, 7) is 4.69. The number of likely N-dealkylation sites (tertiary alicyclic amines) is 1. The number of nitriles is 1. The molecule has 192 valence electrons. The maximum atomic E-state index is 15.3. The van der Waals surface area contributed by atoms with Crippen molar-refractivity contribution in [3.63, 3.8) is 0 Å². The van der Waals surface area contributed by atoms with E-state index >= 15 is 4.39 Å². The molecule has 1 aliphatic rings. The minimum absolute atomic E-state index is 0.0741. The fraction of sp³-hybridized carbons (Fsp3) is 0.250. The third-order valence-corrected chi connectivity index (χ3v) is 6.37. The molecule has 0 unspecified atom stereocenters. The highest BCUT2D eigenvalue weighted by atomic mass is 19.1. The fourth-order valence-corrected chi connectivity index (χ4v) is 4.46. The van der Waals surface area contributed by atoms with Gasteiger partial charge >= 0.3 is 0 Å². The van der Waals surface area contributed by atoms with E-state index in [1.807, 2.05) is 38.1 Å². The largest absolute Gasteiger partial charge is 0.457 e. The molecule has 0 radical (unpaired) electrons. The Morgan fingerprint density at radius 1 is 1.24 bits per heavy atom. The predicted octanol–water partition coefficient (Wildman–Crippen LogP) is 4.71. The van der Waals surface area contributed by atoms with E-state index in [0.717, 1.165) is 6.42 Å². The summed E-state index contributed by atoms with van der Waals surface area (Å²) in [7, 11) is 0. The summed E-state index contributed by atoms with van der Waals surface area (Å²) in [6.07, 6.45) is 3.74. The number of ether oxygens (including phenoxy) is 1. The lowest BCUT2D eigenvalue weighted by Crippen LogP contribution is -2.53. The summed E-state index contributed by atoms with van der Waals surface area (Å²) < 4.78 is 22.7. The van der Waals surface area contributed by atoms with Crippen LogP contribution in [0.5, 0.6) is 11.5 Å². The van der Waals surface area contributed by atoms with Crippen molar-refractivity contribution in [1.29, 1.82) is 5.26 Å². The van der Waals surface area contributed by atoms with Gasteiger partial charge in [-0.3, -0.25) is 4.79 Å². The van der Waals surface area contributed by atoms with Crippen molar-refractivity contribution in [2.45, 2.75) is 32.9 Å². The van der Waals surface area contributed by atoms with E-state index in [4.69, 9.17) is 10.5 Å². The van der Waals surface area contributed by atoms with Crippen LogP contribution in [0.1, 0.15) is 20.3 Å². The molecule has 3 heterocycles. The van der Waals surface area contributed by atoms with Gasteiger partial charge in [-0.05, 0) is 36.6 Å². The molecule has 9 nitrogen and oxygen atoms in total. The number of benzene rings is 2. The van der Waals surface area contributed by atoms with Gasteiger partial charge in [-0.25, -0.2) is 19.0 Å². The first-order chi connectivity index (χ1) is 18.4. The van der Waals surface area contributed by atoms with Crippen LogP contribution >= 0.6 is 0 Å². The van der Waals surface area contributed by atoms with Crippen LogP contribution in [-0.2, 0) is 11.3 Å². The quantitative estimate of drug-likeness (QED) is 0.281. The number of nitrogen functional groups attached to an aromatic ring is 1.